The van der Waals surface area contributed by atoms with Crippen molar-refractivity contribution in [2.24, 2.45) is 5.41 Å². The topological polar surface area (TPSA) is 64.6 Å². The Bertz CT molecular complexity index is 1080. The minimum absolute atomic E-state index is 0.115. The lowest BCUT2D eigenvalue weighted by Gasteiger charge is -2.59. The predicted octanol–water partition coefficient (Wildman–Crippen LogP) is 3.91. The number of aromatic nitrogens is 2. The van der Waals surface area contributed by atoms with Crippen LogP contribution in [0.4, 0.5) is 28.3 Å². The molecule has 2 amide bonds. The van der Waals surface area contributed by atoms with Gasteiger partial charge in [0.15, 0.2) is 0 Å². The summed E-state index contributed by atoms with van der Waals surface area (Å²) in [7, 11) is 0. The van der Waals surface area contributed by atoms with Gasteiger partial charge in [0.05, 0.1) is 5.56 Å². The van der Waals surface area contributed by atoms with E-state index in [0.29, 0.717) is 25.2 Å². The Balaban J connectivity index is 1.09. The molecule has 0 unspecified atom stereocenters. The van der Waals surface area contributed by atoms with Gasteiger partial charge in [0.2, 0.25) is 5.95 Å². The molecule has 1 saturated carbocycles. The molecule has 0 radical (unpaired) electrons. The normalized spacial score (nSPS) is 24.4. The number of alkyl halides is 3. The molecule has 1 spiro atoms. The number of halogens is 4. The summed E-state index contributed by atoms with van der Waals surface area (Å²) in [6.07, 6.45) is -1.07. The molecule has 1 aromatic carbocycles. The maximum absolute atomic E-state index is 13.9. The number of nitrogens with one attached hydrogen (secondary N) is 1. The number of carbonyl (C=O) groups excluding carboxylic acids is 1. The summed E-state index contributed by atoms with van der Waals surface area (Å²) >= 11 is 0. The van der Waals surface area contributed by atoms with Crippen LogP contribution < -0.4 is 10.2 Å². The van der Waals surface area contributed by atoms with E-state index in [1.807, 2.05) is 30.9 Å². The average molecular weight is 507 g/mol. The van der Waals surface area contributed by atoms with Gasteiger partial charge in [-0.3, -0.25) is 4.90 Å². The molecule has 3 heterocycles. The second-order valence-electron chi connectivity index (χ2n) is 10.6. The van der Waals surface area contributed by atoms with Crippen molar-refractivity contribution in [3.05, 3.63) is 53.6 Å². The lowest BCUT2D eigenvalue weighted by Crippen LogP contribution is -2.68. The van der Waals surface area contributed by atoms with Crippen molar-refractivity contribution in [3.63, 3.8) is 0 Å². The summed E-state index contributed by atoms with van der Waals surface area (Å²) in [6, 6.07) is 6.52. The number of amides is 2. The molecule has 1 N–H and O–H groups in total. The first kappa shape index (κ1) is 24.7. The van der Waals surface area contributed by atoms with Gasteiger partial charge >= 0.3 is 12.2 Å². The molecular weight excluding hydrogens is 476 g/mol. The van der Waals surface area contributed by atoms with E-state index in [0.717, 1.165) is 38.3 Å². The highest BCUT2D eigenvalue weighted by atomic mass is 19.4. The van der Waals surface area contributed by atoms with Gasteiger partial charge in [0.25, 0.3) is 0 Å². The van der Waals surface area contributed by atoms with Crippen LogP contribution in [-0.2, 0) is 12.7 Å². The number of carbonyl (C=O) groups is 1. The van der Waals surface area contributed by atoms with Gasteiger partial charge in [0.1, 0.15) is 5.82 Å². The second kappa shape index (κ2) is 9.17. The van der Waals surface area contributed by atoms with Crippen molar-refractivity contribution in [3.8, 4) is 0 Å². The molecule has 0 bridgehead atoms. The number of anilines is 1. The molecule has 36 heavy (non-hydrogen) atoms. The smallest absolute Gasteiger partial charge is 0.337 e. The van der Waals surface area contributed by atoms with Crippen molar-refractivity contribution in [1.82, 2.24) is 25.1 Å². The Morgan fingerprint density at radius 3 is 2.28 bits per heavy atom. The summed E-state index contributed by atoms with van der Waals surface area (Å²) in [6.45, 7) is 7.12. The van der Waals surface area contributed by atoms with E-state index in [1.165, 1.54) is 6.07 Å². The largest absolute Gasteiger partial charge is 0.419 e. The van der Waals surface area contributed by atoms with Crippen LogP contribution in [0.5, 0.6) is 0 Å². The van der Waals surface area contributed by atoms with Gasteiger partial charge in [0, 0.05) is 68.8 Å². The molecular formula is C25H30F4N6O. The molecule has 1 aromatic heterocycles. The number of hydrogen-bond donors (Lipinski definition) is 1. The number of likely N-dealkylation sites (tertiary alicyclic amines) is 1. The minimum Gasteiger partial charge on any atom is -0.337 e. The highest BCUT2D eigenvalue weighted by Gasteiger charge is 2.53. The lowest BCUT2D eigenvalue weighted by molar-refractivity contribution is -0.138. The summed E-state index contributed by atoms with van der Waals surface area (Å²) in [5.74, 6) is 0.0537. The first-order valence-electron chi connectivity index (χ1n) is 12.2. The third-order valence-electron chi connectivity index (χ3n) is 7.56. The fourth-order valence-corrected chi connectivity index (χ4v) is 5.99. The summed E-state index contributed by atoms with van der Waals surface area (Å²) in [4.78, 5) is 26.7. The zero-order valence-corrected chi connectivity index (χ0v) is 20.3. The summed E-state index contributed by atoms with van der Waals surface area (Å²) in [5.41, 5.74) is 0.0322. The molecule has 3 aliphatic rings. The van der Waals surface area contributed by atoms with Gasteiger partial charge in [-0.05, 0) is 38.2 Å². The average Bonchev–Trinajstić information content (AvgIpc) is 2.76. The lowest BCUT2D eigenvalue weighted by atomic mass is 9.60. The van der Waals surface area contributed by atoms with Gasteiger partial charge in [-0.25, -0.2) is 19.2 Å². The Labute approximate surface area is 207 Å². The third kappa shape index (κ3) is 4.85. The van der Waals surface area contributed by atoms with Crippen molar-refractivity contribution in [1.29, 1.82) is 0 Å². The molecule has 2 atom stereocenters. The van der Waals surface area contributed by atoms with Gasteiger partial charge in [-0.2, -0.15) is 13.2 Å². The van der Waals surface area contributed by atoms with Gasteiger partial charge in [-0.15, -0.1) is 0 Å². The zero-order valence-electron chi connectivity index (χ0n) is 20.3. The second-order valence-corrected chi connectivity index (χ2v) is 10.6. The first-order valence-corrected chi connectivity index (χ1v) is 12.2. The third-order valence-corrected chi connectivity index (χ3v) is 7.56. The van der Waals surface area contributed by atoms with E-state index in [9.17, 15) is 22.4 Å². The molecule has 11 heteroatoms. The quantitative estimate of drug-likeness (QED) is 0.638. The molecule has 7 nitrogen and oxygen atoms in total. The van der Waals surface area contributed by atoms with E-state index in [2.05, 4.69) is 20.2 Å². The Hall–Kier alpha value is -2.95. The molecule has 3 fully saturated rings. The van der Waals surface area contributed by atoms with E-state index >= 15 is 0 Å². The van der Waals surface area contributed by atoms with Crippen LogP contribution in [0, 0.1) is 11.2 Å². The number of piperazine rings is 1. The Kier molecular flexibility index (Phi) is 6.30. The maximum atomic E-state index is 13.9. The minimum atomic E-state index is -4.48. The molecule has 2 saturated heterocycles. The van der Waals surface area contributed by atoms with E-state index in [1.54, 1.807) is 11.0 Å². The van der Waals surface area contributed by atoms with Gasteiger partial charge in [-0.1, -0.05) is 18.2 Å². The molecule has 2 aromatic rings. The zero-order chi connectivity index (χ0) is 25.7. The van der Waals surface area contributed by atoms with Gasteiger partial charge < -0.3 is 15.1 Å². The highest BCUT2D eigenvalue weighted by Crippen LogP contribution is 2.48. The van der Waals surface area contributed by atoms with E-state index in [-0.39, 0.29) is 41.3 Å². The van der Waals surface area contributed by atoms with Crippen LogP contribution in [0.15, 0.2) is 36.7 Å². The first-order chi connectivity index (χ1) is 17.0. The van der Waals surface area contributed by atoms with Crippen molar-refractivity contribution in [2.45, 2.75) is 57.5 Å². The fourth-order valence-electron chi connectivity index (χ4n) is 5.99. The number of benzene rings is 1. The Morgan fingerprint density at radius 1 is 1.08 bits per heavy atom. The van der Waals surface area contributed by atoms with E-state index in [4.69, 9.17) is 0 Å². The summed E-state index contributed by atoms with van der Waals surface area (Å²) in [5, 5.41) is 3.16. The maximum Gasteiger partial charge on any atom is 0.419 e. The van der Waals surface area contributed by atoms with Crippen LogP contribution in [0.2, 0.25) is 0 Å². The fraction of sp³-hybridized carbons (Fsp3) is 0.560. The Morgan fingerprint density at radius 2 is 1.69 bits per heavy atom. The number of hydrogen-bond acceptors (Lipinski definition) is 5. The van der Waals surface area contributed by atoms with Crippen molar-refractivity contribution in [2.75, 3.05) is 31.1 Å². The summed E-state index contributed by atoms with van der Waals surface area (Å²) < 4.78 is 52.3. The number of rotatable bonds is 4. The van der Waals surface area contributed by atoms with Crippen LogP contribution in [0.1, 0.15) is 37.8 Å². The predicted molar refractivity (Wildman–Crippen MR) is 126 cm³/mol. The molecule has 2 aliphatic heterocycles. The van der Waals surface area contributed by atoms with Crippen LogP contribution in [-0.4, -0.2) is 70.1 Å². The van der Waals surface area contributed by atoms with Crippen LogP contribution in [0.3, 0.4) is 0 Å². The molecule has 5 rings (SSSR count). The monoisotopic (exact) mass is 506 g/mol. The standard InChI is InChI=1S/C25H30F4N6O/c1-16-11-34(22-30-9-19(10-31-22)25(27,28)29)12-17(2)35(16)23(36)32-20-7-24(8-20)14-33(15-24)13-18-5-3-4-6-21(18)26/h3-6,9-10,16-17,20H,7-8,11-15H2,1-2H3,(H,32,36)/t16-,17+. The van der Waals surface area contributed by atoms with Crippen molar-refractivity contribution < 1.29 is 22.4 Å². The molecule has 1 aliphatic carbocycles. The molecule has 194 valence electrons. The van der Waals surface area contributed by atoms with E-state index < -0.39 is 11.7 Å². The van der Waals surface area contributed by atoms with Crippen LogP contribution >= 0.6 is 0 Å². The SMILES string of the molecule is C[C@@H]1CN(c2ncc(C(F)(F)F)cn2)C[C@H](C)N1C(=O)NC1CC2(C1)CN(Cc1ccccc1F)C2. The highest BCUT2D eigenvalue weighted by molar-refractivity contribution is 5.76. The number of urea groups is 1. The number of nitrogens with zero attached hydrogens (tertiary/aromatic N) is 5. The van der Waals surface area contributed by atoms with Crippen LogP contribution in [0.25, 0.3) is 0 Å². The van der Waals surface area contributed by atoms with Crippen molar-refractivity contribution >= 4 is 12.0 Å².